The van der Waals surface area contributed by atoms with Gasteiger partial charge in [0.05, 0.1) is 6.10 Å². The van der Waals surface area contributed by atoms with Crippen molar-refractivity contribution in [1.82, 2.24) is 25.0 Å². The van der Waals surface area contributed by atoms with E-state index in [0.29, 0.717) is 18.2 Å². The molecule has 1 amide bonds. The molecule has 156 valence electrons. The lowest BCUT2D eigenvalue weighted by Gasteiger charge is -2.12. The first-order valence-corrected chi connectivity index (χ1v) is 9.96. The number of nitrogens with zero attached hydrogens (tertiary/aromatic N) is 4. The molecule has 0 spiro atoms. The maximum atomic E-state index is 13.0. The van der Waals surface area contributed by atoms with Crippen LogP contribution in [0.25, 0.3) is 22.8 Å². The zero-order valence-electron chi connectivity index (χ0n) is 16.7. The minimum Gasteiger partial charge on any atom is -0.376 e. The van der Waals surface area contributed by atoms with E-state index in [0.717, 1.165) is 25.0 Å². The molecule has 2 aromatic heterocycles. The third-order valence-electron chi connectivity index (χ3n) is 5.05. The molecule has 3 aromatic rings. The summed E-state index contributed by atoms with van der Waals surface area (Å²) in [7, 11) is 0. The molecule has 1 aliphatic heterocycles. The second kappa shape index (κ2) is 9.00. The summed E-state index contributed by atoms with van der Waals surface area (Å²) in [6.45, 7) is 3.17. The number of nitrogens with one attached hydrogen (secondary N) is 1. The summed E-state index contributed by atoms with van der Waals surface area (Å²) < 4.78 is 12.2. The van der Waals surface area contributed by atoms with E-state index >= 15 is 0 Å². The van der Waals surface area contributed by atoms with Crippen LogP contribution in [0.5, 0.6) is 0 Å². The van der Waals surface area contributed by atoms with Crippen molar-refractivity contribution in [1.29, 1.82) is 0 Å². The largest absolute Gasteiger partial charge is 0.376 e. The Bertz CT molecular complexity index is 1070. The van der Waals surface area contributed by atoms with E-state index in [9.17, 15) is 9.59 Å². The molecule has 1 aromatic carbocycles. The monoisotopic (exact) mass is 409 g/mol. The summed E-state index contributed by atoms with van der Waals surface area (Å²) in [4.78, 5) is 33.7. The summed E-state index contributed by atoms with van der Waals surface area (Å²) in [5.74, 6) is 0.874. The Labute approximate surface area is 173 Å². The maximum Gasteiger partial charge on any atom is 0.266 e. The molecule has 0 aliphatic carbocycles. The molecule has 9 nitrogen and oxygen atoms in total. The van der Waals surface area contributed by atoms with Crippen LogP contribution in [-0.2, 0) is 16.1 Å². The second-order valence-corrected chi connectivity index (χ2v) is 7.15. The average molecular weight is 409 g/mol. The third-order valence-corrected chi connectivity index (χ3v) is 5.05. The van der Waals surface area contributed by atoms with Gasteiger partial charge >= 0.3 is 0 Å². The highest BCUT2D eigenvalue weighted by Crippen LogP contribution is 2.19. The summed E-state index contributed by atoms with van der Waals surface area (Å²) in [5, 5.41) is 6.82. The number of carbonyl (C=O) groups is 1. The highest BCUT2D eigenvalue weighted by molar-refractivity contribution is 5.75. The fraction of sp³-hybridized carbons (Fsp3) is 0.381. The molecule has 9 heteroatoms. The number of carbonyl (C=O) groups excluding carboxylic acids is 1. The summed E-state index contributed by atoms with van der Waals surface area (Å²) >= 11 is 0. The lowest BCUT2D eigenvalue weighted by atomic mass is 10.2. The first-order valence-electron chi connectivity index (χ1n) is 9.96. The van der Waals surface area contributed by atoms with E-state index in [1.807, 2.05) is 30.3 Å². The molecule has 1 aliphatic rings. The molecule has 1 saturated heterocycles. The Balaban J connectivity index is 1.46. The predicted octanol–water partition coefficient (Wildman–Crippen LogP) is 1.95. The molecule has 0 radical (unpaired) electrons. The normalized spacial score (nSPS) is 16.0. The Morgan fingerprint density at radius 3 is 2.90 bits per heavy atom. The average Bonchev–Trinajstić information content (AvgIpc) is 3.45. The van der Waals surface area contributed by atoms with E-state index in [-0.39, 0.29) is 42.0 Å². The lowest BCUT2D eigenvalue weighted by molar-refractivity contribution is -0.121. The Kier molecular flexibility index (Phi) is 5.99. The third kappa shape index (κ3) is 4.46. The van der Waals surface area contributed by atoms with E-state index < -0.39 is 0 Å². The van der Waals surface area contributed by atoms with Crippen molar-refractivity contribution in [2.24, 2.45) is 0 Å². The van der Waals surface area contributed by atoms with Gasteiger partial charge in [-0.15, -0.1) is 0 Å². The number of hydrogen-bond donors (Lipinski definition) is 1. The van der Waals surface area contributed by atoms with Crippen LogP contribution in [-0.4, -0.2) is 44.9 Å². The number of ether oxygens (including phenoxy) is 1. The first kappa shape index (κ1) is 20.0. The summed E-state index contributed by atoms with van der Waals surface area (Å²) in [6, 6.07) is 9.35. The van der Waals surface area contributed by atoms with Crippen molar-refractivity contribution < 1.29 is 14.1 Å². The van der Waals surface area contributed by atoms with Crippen LogP contribution in [0.4, 0.5) is 0 Å². The number of hydrogen-bond acceptors (Lipinski definition) is 7. The smallest absolute Gasteiger partial charge is 0.266 e. The van der Waals surface area contributed by atoms with Gasteiger partial charge in [0.1, 0.15) is 11.4 Å². The second-order valence-electron chi connectivity index (χ2n) is 7.15. The van der Waals surface area contributed by atoms with Crippen LogP contribution in [0.3, 0.4) is 0 Å². The predicted molar refractivity (Wildman–Crippen MR) is 109 cm³/mol. The fourth-order valence-electron chi connectivity index (χ4n) is 3.36. The first-order chi connectivity index (χ1) is 14.6. The van der Waals surface area contributed by atoms with E-state index in [2.05, 4.69) is 20.4 Å². The molecule has 0 saturated carbocycles. The number of amides is 1. The Morgan fingerprint density at radius 1 is 1.30 bits per heavy atom. The van der Waals surface area contributed by atoms with Crippen LogP contribution in [0.2, 0.25) is 0 Å². The fourth-order valence-corrected chi connectivity index (χ4v) is 3.36. The van der Waals surface area contributed by atoms with Crippen molar-refractivity contribution in [3.8, 4) is 22.8 Å². The molecular formula is C21H23N5O4. The molecule has 0 bridgehead atoms. The van der Waals surface area contributed by atoms with Crippen molar-refractivity contribution in [2.75, 3.05) is 13.2 Å². The quantitative estimate of drug-likeness (QED) is 0.635. The standard InChI is InChI=1S/C21H23N5O4/c1-14-22-13-17(20-24-19(25-30-20)15-6-3-2-4-7-15)21(28)26(14)10-9-18(27)23-12-16-8-5-11-29-16/h2-4,6-7,13,16H,5,8-12H2,1H3,(H,23,27). The van der Waals surface area contributed by atoms with Gasteiger partial charge in [0.15, 0.2) is 0 Å². The number of aromatic nitrogens is 4. The van der Waals surface area contributed by atoms with Crippen LogP contribution in [0.15, 0.2) is 45.8 Å². The van der Waals surface area contributed by atoms with Crippen molar-refractivity contribution >= 4 is 5.91 Å². The van der Waals surface area contributed by atoms with Crippen LogP contribution in [0, 0.1) is 6.92 Å². The van der Waals surface area contributed by atoms with Gasteiger partial charge in [-0.25, -0.2) is 4.98 Å². The minimum atomic E-state index is -0.322. The SMILES string of the molecule is Cc1ncc(-c2nc(-c3ccccc3)no2)c(=O)n1CCC(=O)NCC1CCCO1. The zero-order valence-corrected chi connectivity index (χ0v) is 16.7. The van der Waals surface area contributed by atoms with Gasteiger partial charge in [0.25, 0.3) is 11.4 Å². The molecule has 1 atom stereocenters. The van der Waals surface area contributed by atoms with Crippen LogP contribution < -0.4 is 10.9 Å². The molecule has 30 heavy (non-hydrogen) atoms. The van der Waals surface area contributed by atoms with Crippen molar-refractivity contribution in [2.45, 2.75) is 38.8 Å². The van der Waals surface area contributed by atoms with Crippen molar-refractivity contribution in [3.05, 3.63) is 52.7 Å². The number of aryl methyl sites for hydroxylation is 1. The maximum absolute atomic E-state index is 13.0. The van der Waals surface area contributed by atoms with Gasteiger partial charge < -0.3 is 14.6 Å². The Hall–Kier alpha value is -3.33. The van der Waals surface area contributed by atoms with Gasteiger partial charge in [-0.3, -0.25) is 14.2 Å². The van der Waals surface area contributed by atoms with E-state index in [1.165, 1.54) is 10.8 Å². The van der Waals surface area contributed by atoms with Crippen LogP contribution in [0.1, 0.15) is 25.1 Å². The topological polar surface area (TPSA) is 112 Å². The number of rotatable bonds is 7. The molecule has 1 N–H and O–H groups in total. The van der Waals surface area contributed by atoms with Gasteiger partial charge in [-0.2, -0.15) is 4.98 Å². The molecule has 3 heterocycles. The molecular weight excluding hydrogens is 386 g/mol. The van der Waals surface area contributed by atoms with Gasteiger partial charge in [-0.05, 0) is 19.8 Å². The Morgan fingerprint density at radius 2 is 2.13 bits per heavy atom. The van der Waals surface area contributed by atoms with Gasteiger partial charge in [0, 0.05) is 37.9 Å². The lowest BCUT2D eigenvalue weighted by Crippen LogP contribution is -2.33. The van der Waals surface area contributed by atoms with Crippen LogP contribution >= 0.6 is 0 Å². The van der Waals surface area contributed by atoms with Gasteiger partial charge in [0.2, 0.25) is 11.7 Å². The molecule has 4 rings (SSSR count). The number of benzene rings is 1. The minimum absolute atomic E-state index is 0.0831. The molecule has 1 unspecified atom stereocenters. The molecule has 1 fully saturated rings. The summed E-state index contributed by atoms with van der Waals surface area (Å²) in [5.41, 5.74) is 0.670. The highest BCUT2D eigenvalue weighted by atomic mass is 16.5. The highest BCUT2D eigenvalue weighted by Gasteiger charge is 2.18. The zero-order chi connectivity index (χ0) is 20.9. The van der Waals surface area contributed by atoms with E-state index in [1.54, 1.807) is 6.92 Å². The van der Waals surface area contributed by atoms with E-state index in [4.69, 9.17) is 9.26 Å². The van der Waals surface area contributed by atoms with Gasteiger partial charge in [-0.1, -0.05) is 35.5 Å². The van der Waals surface area contributed by atoms with Crippen molar-refractivity contribution in [3.63, 3.8) is 0 Å². The summed E-state index contributed by atoms with van der Waals surface area (Å²) in [6.07, 6.45) is 3.65.